The van der Waals surface area contributed by atoms with Gasteiger partial charge in [-0.15, -0.1) is 0 Å². The molecule has 1 aliphatic rings. The monoisotopic (exact) mass is 301 g/mol. The maximum Gasteiger partial charge on any atom is 0.186 e. The summed E-state index contributed by atoms with van der Waals surface area (Å²) < 4.78 is 0. The number of aldehydes is 1. The number of hydrogen-bond donors (Lipinski definition) is 0. The van der Waals surface area contributed by atoms with Crippen molar-refractivity contribution in [2.45, 2.75) is 6.42 Å². The Morgan fingerprint density at radius 2 is 1.95 bits per heavy atom. The fraction of sp³-hybridized carbons (Fsp3) is 0.375. The summed E-state index contributed by atoms with van der Waals surface area (Å²) in [5.74, 6) is 0. The van der Waals surface area contributed by atoms with Crippen LogP contribution in [0, 0.1) is 0 Å². The summed E-state index contributed by atoms with van der Waals surface area (Å²) in [6.07, 6.45) is 2.06. The predicted octanol–water partition coefficient (Wildman–Crippen LogP) is 2.76. The lowest BCUT2D eigenvalue weighted by Crippen LogP contribution is -2.28. The van der Waals surface area contributed by atoms with Crippen LogP contribution in [0.1, 0.15) is 16.1 Å². The van der Waals surface area contributed by atoms with E-state index in [0.29, 0.717) is 4.88 Å². The predicted molar refractivity (Wildman–Crippen MR) is 87.3 cm³/mol. The molecule has 0 spiro atoms. The zero-order valence-corrected chi connectivity index (χ0v) is 13.0. The van der Waals surface area contributed by atoms with Crippen molar-refractivity contribution >= 4 is 22.8 Å². The van der Waals surface area contributed by atoms with Gasteiger partial charge in [-0.3, -0.25) is 4.79 Å². The van der Waals surface area contributed by atoms with Gasteiger partial charge in [0.1, 0.15) is 0 Å². The second-order valence-electron chi connectivity index (χ2n) is 5.34. The molecule has 3 rings (SSSR count). The number of thiazole rings is 1. The van der Waals surface area contributed by atoms with Crippen molar-refractivity contribution in [2.75, 3.05) is 38.1 Å². The van der Waals surface area contributed by atoms with Crippen molar-refractivity contribution in [3.63, 3.8) is 0 Å². The van der Waals surface area contributed by atoms with E-state index >= 15 is 0 Å². The zero-order valence-electron chi connectivity index (χ0n) is 12.2. The van der Waals surface area contributed by atoms with Crippen molar-refractivity contribution in [2.24, 2.45) is 0 Å². The molecule has 110 valence electrons. The van der Waals surface area contributed by atoms with E-state index in [1.165, 1.54) is 11.3 Å². The van der Waals surface area contributed by atoms with Crippen LogP contribution in [-0.2, 0) is 0 Å². The SMILES string of the molecule is CN1CCCN(c2nc(-c3ccccc3)c(C=O)s2)CC1. The van der Waals surface area contributed by atoms with E-state index < -0.39 is 0 Å². The smallest absolute Gasteiger partial charge is 0.186 e. The third-order valence-electron chi connectivity index (χ3n) is 3.79. The summed E-state index contributed by atoms with van der Waals surface area (Å²) in [6, 6.07) is 9.93. The van der Waals surface area contributed by atoms with E-state index in [-0.39, 0.29) is 0 Å². The van der Waals surface area contributed by atoms with E-state index in [4.69, 9.17) is 4.98 Å². The van der Waals surface area contributed by atoms with Gasteiger partial charge in [-0.2, -0.15) is 0 Å². The normalized spacial score (nSPS) is 16.7. The van der Waals surface area contributed by atoms with Gasteiger partial charge in [0.2, 0.25) is 0 Å². The summed E-state index contributed by atoms with van der Waals surface area (Å²) in [7, 11) is 2.15. The largest absolute Gasteiger partial charge is 0.347 e. The molecule has 2 heterocycles. The lowest BCUT2D eigenvalue weighted by Gasteiger charge is -2.19. The second-order valence-corrected chi connectivity index (χ2v) is 6.35. The van der Waals surface area contributed by atoms with Crippen molar-refractivity contribution in [3.8, 4) is 11.3 Å². The first-order chi connectivity index (χ1) is 10.3. The average molecular weight is 301 g/mol. The summed E-state index contributed by atoms with van der Waals surface area (Å²) in [5, 5.41) is 0.964. The molecule has 1 aromatic carbocycles. The highest BCUT2D eigenvalue weighted by Gasteiger charge is 2.19. The standard InChI is InChI=1S/C16H19N3OS/c1-18-8-5-9-19(11-10-18)16-17-15(14(12-20)21-16)13-6-3-2-4-7-13/h2-4,6-7,12H,5,8-11H2,1H3. The molecule has 2 aromatic rings. The van der Waals surface area contributed by atoms with Crippen LogP contribution in [0.3, 0.4) is 0 Å². The maximum atomic E-state index is 11.4. The Morgan fingerprint density at radius 1 is 1.14 bits per heavy atom. The van der Waals surface area contributed by atoms with Gasteiger partial charge >= 0.3 is 0 Å². The molecule has 21 heavy (non-hydrogen) atoms. The number of benzene rings is 1. The first kappa shape index (κ1) is 14.2. The fourth-order valence-electron chi connectivity index (χ4n) is 2.58. The van der Waals surface area contributed by atoms with E-state index in [0.717, 1.165) is 55.3 Å². The molecule has 0 bridgehead atoms. The molecule has 0 aliphatic carbocycles. The van der Waals surface area contributed by atoms with Crippen LogP contribution in [0.15, 0.2) is 30.3 Å². The molecule has 0 atom stereocenters. The van der Waals surface area contributed by atoms with Gasteiger partial charge in [0, 0.05) is 25.2 Å². The first-order valence-electron chi connectivity index (χ1n) is 7.23. The molecule has 0 N–H and O–H groups in total. The number of nitrogens with zero attached hydrogens (tertiary/aromatic N) is 3. The number of carbonyl (C=O) groups excluding carboxylic acids is 1. The molecule has 0 amide bonds. The quantitative estimate of drug-likeness (QED) is 0.817. The number of aromatic nitrogens is 1. The third-order valence-corrected chi connectivity index (χ3v) is 4.83. The minimum absolute atomic E-state index is 0.716. The summed E-state index contributed by atoms with van der Waals surface area (Å²) in [5.41, 5.74) is 1.82. The zero-order chi connectivity index (χ0) is 14.7. The van der Waals surface area contributed by atoms with Crippen LogP contribution in [0.5, 0.6) is 0 Å². The van der Waals surface area contributed by atoms with Crippen LogP contribution in [0.2, 0.25) is 0 Å². The fourth-order valence-corrected chi connectivity index (χ4v) is 3.53. The third kappa shape index (κ3) is 3.14. The summed E-state index contributed by atoms with van der Waals surface area (Å²) in [4.78, 5) is 21.5. The number of carbonyl (C=O) groups is 1. The van der Waals surface area contributed by atoms with Crippen LogP contribution in [-0.4, -0.2) is 49.4 Å². The Hall–Kier alpha value is -1.72. The molecule has 1 saturated heterocycles. The molecule has 0 unspecified atom stereocenters. The minimum atomic E-state index is 0.716. The molecule has 1 aromatic heterocycles. The molecule has 4 nitrogen and oxygen atoms in total. The van der Waals surface area contributed by atoms with Crippen LogP contribution >= 0.6 is 11.3 Å². The Kier molecular flexibility index (Phi) is 4.31. The van der Waals surface area contributed by atoms with Crippen molar-refractivity contribution in [1.29, 1.82) is 0 Å². The van der Waals surface area contributed by atoms with E-state index in [1.54, 1.807) is 0 Å². The Morgan fingerprint density at radius 3 is 2.71 bits per heavy atom. The highest BCUT2D eigenvalue weighted by molar-refractivity contribution is 7.17. The van der Waals surface area contributed by atoms with Crippen molar-refractivity contribution < 1.29 is 4.79 Å². The molecule has 0 saturated carbocycles. The van der Waals surface area contributed by atoms with Gasteiger partial charge in [-0.05, 0) is 20.0 Å². The first-order valence-corrected chi connectivity index (χ1v) is 8.04. The summed E-state index contributed by atoms with van der Waals surface area (Å²) in [6.45, 7) is 4.13. The van der Waals surface area contributed by atoms with Crippen LogP contribution in [0.4, 0.5) is 5.13 Å². The van der Waals surface area contributed by atoms with Gasteiger partial charge in [-0.1, -0.05) is 41.7 Å². The minimum Gasteiger partial charge on any atom is -0.347 e. The lowest BCUT2D eigenvalue weighted by molar-refractivity contribution is 0.112. The number of likely N-dealkylation sites (N-methyl/N-ethyl adjacent to an activating group) is 1. The Balaban J connectivity index is 1.90. The maximum absolute atomic E-state index is 11.4. The highest BCUT2D eigenvalue weighted by atomic mass is 32.1. The Labute approximate surface area is 129 Å². The van der Waals surface area contributed by atoms with Crippen molar-refractivity contribution in [1.82, 2.24) is 9.88 Å². The second kappa shape index (κ2) is 6.37. The number of rotatable bonds is 3. The molecule has 1 aliphatic heterocycles. The van der Waals surface area contributed by atoms with Gasteiger partial charge in [0.25, 0.3) is 0 Å². The molecule has 1 fully saturated rings. The highest BCUT2D eigenvalue weighted by Crippen LogP contribution is 2.32. The van der Waals surface area contributed by atoms with E-state index in [1.807, 2.05) is 30.3 Å². The van der Waals surface area contributed by atoms with Crippen molar-refractivity contribution in [3.05, 3.63) is 35.2 Å². The van der Waals surface area contributed by atoms with Crippen LogP contribution in [0.25, 0.3) is 11.3 Å². The average Bonchev–Trinajstić information content (AvgIpc) is 2.84. The summed E-state index contributed by atoms with van der Waals surface area (Å²) >= 11 is 1.50. The Bertz CT molecular complexity index is 611. The van der Waals surface area contributed by atoms with Gasteiger partial charge < -0.3 is 9.80 Å². The number of anilines is 1. The van der Waals surface area contributed by atoms with Crippen LogP contribution < -0.4 is 4.90 Å². The molecular formula is C16H19N3OS. The van der Waals surface area contributed by atoms with Gasteiger partial charge in [0.15, 0.2) is 11.4 Å². The topological polar surface area (TPSA) is 36.4 Å². The molecule has 0 radical (unpaired) electrons. The number of hydrogen-bond acceptors (Lipinski definition) is 5. The van der Waals surface area contributed by atoms with Gasteiger partial charge in [-0.25, -0.2) is 4.98 Å². The van der Waals surface area contributed by atoms with Gasteiger partial charge in [0.05, 0.1) is 10.6 Å². The molecule has 5 heteroatoms. The van der Waals surface area contributed by atoms with E-state index in [2.05, 4.69) is 16.8 Å². The molecular weight excluding hydrogens is 282 g/mol. The lowest BCUT2D eigenvalue weighted by atomic mass is 10.1. The van der Waals surface area contributed by atoms with E-state index in [9.17, 15) is 4.79 Å².